The van der Waals surface area contributed by atoms with Gasteiger partial charge in [-0.05, 0) is 35.0 Å². The number of imide groups is 1. The number of amides is 2. The van der Waals surface area contributed by atoms with E-state index in [0.29, 0.717) is 5.56 Å². The number of thioether (sulfide) groups is 1. The Morgan fingerprint density at radius 3 is 2.42 bits per heavy atom. The molecule has 0 spiro atoms. The van der Waals surface area contributed by atoms with Gasteiger partial charge < -0.3 is 5.11 Å². The lowest BCUT2D eigenvalue weighted by Crippen LogP contribution is -2.27. The van der Waals surface area contributed by atoms with Crippen molar-refractivity contribution in [2.75, 3.05) is 0 Å². The monoisotopic (exact) mass is 339 g/mol. The standard InChI is InChI=1S/C18H13NO4S/c20-16-15(10-13-8-4-5-9-14(13)17(21)22)24-18(23)19(16)11-12-6-2-1-3-7-12/h1-10H,11H2,(H,21,22)/b15-10-. The Labute approximate surface area is 142 Å². The Balaban J connectivity index is 1.88. The van der Waals surface area contributed by atoms with Crippen LogP contribution in [0, 0.1) is 0 Å². The van der Waals surface area contributed by atoms with E-state index in [-0.39, 0.29) is 22.3 Å². The van der Waals surface area contributed by atoms with Crippen molar-refractivity contribution in [1.29, 1.82) is 0 Å². The van der Waals surface area contributed by atoms with Gasteiger partial charge in [-0.3, -0.25) is 14.5 Å². The Bertz CT molecular complexity index is 845. The third kappa shape index (κ3) is 3.23. The van der Waals surface area contributed by atoms with Crippen molar-refractivity contribution in [3.05, 3.63) is 76.2 Å². The lowest BCUT2D eigenvalue weighted by atomic mass is 10.1. The molecule has 0 bridgehead atoms. The second kappa shape index (κ2) is 6.72. The number of aromatic carboxylic acids is 1. The van der Waals surface area contributed by atoms with E-state index in [1.807, 2.05) is 30.3 Å². The van der Waals surface area contributed by atoms with Gasteiger partial charge in [-0.2, -0.15) is 0 Å². The normalized spacial score (nSPS) is 16.0. The number of carboxylic acids is 1. The van der Waals surface area contributed by atoms with E-state index in [4.69, 9.17) is 0 Å². The highest BCUT2D eigenvalue weighted by atomic mass is 32.2. The van der Waals surface area contributed by atoms with E-state index < -0.39 is 11.9 Å². The summed E-state index contributed by atoms with van der Waals surface area (Å²) in [5, 5.41) is 8.85. The summed E-state index contributed by atoms with van der Waals surface area (Å²) in [6.45, 7) is 0.198. The van der Waals surface area contributed by atoms with Crippen LogP contribution in [-0.4, -0.2) is 27.1 Å². The zero-order valence-electron chi connectivity index (χ0n) is 12.5. The number of hydrogen-bond donors (Lipinski definition) is 1. The van der Waals surface area contributed by atoms with Crippen LogP contribution in [0.15, 0.2) is 59.5 Å². The Kier molecular flexibility index (Phi) is 4.48. The fourth-order valence-corrected chi connectivity index (χ4v) is 3.19. The second-order valence-corrected chi connectivity index (χ2v) is 6.14. The van der Waals surface area contributed by atoms with E-state index in [9.17, 15) is 19.5 Å². The van der Waals surface area contributed by atoms with Crippen LogP contribution in [0.1, 0.15) is 21.5 Å². The third-order valence-corrected chi connectivity index (χ3v) is 4.44. The SMILES string of the molecule is O=C(O)c1ccccc1/C=C1\SC(=O)N(Cc2ccccc2)C1=O. The van der Waals surface area contributed by atoms with Crippen molar-refractivity contribution in [3.8, 4) is 0 Å². The van der Waals surface area contributed by atoms with Crippen LogP contribution in [0.25, 0.3) is 6.08 Å². The molecule has 24 heavy (non-hydrogen) atoms. The molecule has 0 aromatic heterocycles. The molecule has 1 heterocycles. The summed E-state index contributed by atoms with van der Waals surface area (Å²) in [4.78, 5) is 37.2. The molecule has 0 aliphatic carbocycles. The van der Waals surface area contributed by atoms with Crippen molar-refractivity contribution in [1.82, 2.24) is 4.90 Å². The topological polar surface area (TPSA) is 74.7 Å². The van der Waals surface area contributed by atoms with Crippen LogP contribution in [0.4, 0.5) is 4.79 Å². The third-order valence-electron chi connectivity index (χ3n) is 3.53. The molecule has 2 aromatic carbocycles. The first-order valence-corrected chi connectivity index (χ1v) is 7.99. The average Bonchev–Trinajstić information content (AvgIpc) is 2.84. The lowest BCUT2D eigenvalue weighted by Gasteiger charge is -2.12. The minimum absolute atomic E-state index is 0.0901. The first kappa shape index (κ1) is 16.0. The predicted molar refractivity (Wildman–Crippen MR) is 91.4 cm³/mol. The highest BCUT2D eigenvalue weighted by molar-refractivity contribution is 8.18. The maximum absolute atomic E-state index is 12.5. The Hall–Kier alpha value is -2.86. The molecule has 2 aromatic rings. The van der Waals surface area contributed by atoms with Crippen LogP contribution in [0.5, 0.6) is 0 Å². The molecular weight excluding hydrogens is 326 g/mol. The number of nitrogens with zero attached hydrogens (tertiary/aromatic N) is 1. The van der Waals surface area contributed by atoms with Gasteiger partial charge in [0.05, 0.1) is 17.0 Å². The van der Waals surface area contributed by atoms with Crippen molar-refractivity contribution in [2.24, 2.45) is 0 Å². The van der Waals surface area contributed by atoms with Crippen LogP contribution in [0.3, 0.4) is 0 Å². The molecule has 5 nitrogen and oxygen atoms in total. The van der Waals surface area contributed by atoms with Gasteiger partial charge in [0.1, 0.15) is 0 Å². The predicted octanol–water partition coefficient (Wildman–Crippen LogP) is 3.62. The number of benzene rings is 2. The van der Waals surface area contributed by atoms with Gasteiger partial charge in [0.25, 0.3) is 11.1 Å². The average molecular weight is 339 g/mol. The maximum atomic E-state index is 12.5. The molecule has 2 amide bonds. The summed E-state index contributed by atoms with van der Waals surface area (Å²) < 4.78 is 0. The van der Waals surface area contributed by atoms with E-state index in [1.54, 1.807) is 18.2 Å². The number of hydrogen-bond acceptors (Lipinski definition) is 4. The van der Waals surface area contributed by atoms with Crippen LogP contribution in [0.2, 0.25) is 0 Å². The molecule has 1 saturated heterocycles. The summed E-state index contributed by atoms with van der Waals surface area (Å²) in [7, 11) is 0. The van der Waals surface area contributed by atoms with Gasteiger partial charge in [0, 0.05) is 0 Å². The number of carbonyl (C=O) groups is 3. The van der Waals surface area contributed by atoms with Gasteiger partial charge in [0.2, 0.25) is 0 Å². The quantitative estimate of drug-likeness (QED) is 0.861. The molecule has 6 heteroatoms. The molecule has 1 N–H and O–H groups in total. The largest absolute Gasteiger partial charge is 0.478 e. The first-order valence-electron chi connectivity index (χ1n) is 7.18. The van der Waals surface area contributed by atoms with Gasteiger partial charge in [-0.25, -0.2) is 4.79 Å². The van der Waals surface area contributed by atoms with Gasteiger partial charge in [-0.15, -0.1) is 0 Å². The fraction of sp³-hybridized carbons (Fsp3) is 0.0556. The number of carboxylic acid groups (broad SMARTS) is 1. The maximum Gasteiger partial charge on any atom is 0.336 e. The summed E-state index contributed by atoms with van der Waals surface area (Å²) in [6, 6.07) is 15.6. The molecule has 0 atom stereocenters. The minimum Gasteiger partial charge on any atom is -0.478 e. The summed E-state index contributed by atoms with van der Waals surface area (Å²) >= 11 is 0.822. The highest BCUT2D eigenvalue weighted by Gasteiger charge is 2.35. The lowest BCUT2D eigenvalue weighted by molar-refractivity contribution is -0.123. The highest BCUT2D eigenvalue weighted by Crippen LogP contribution is 2.33. The molecule has 0 unspecified atom stereocenters. The first-order chi connectivity index (χ1) is 11.6. The van der Waals surface area contributed by atoms with E-state index in [2.05, 4.69) is 0 Å². The van der Waals surface area contributed by atoms with Gasteiger partial charge in [0.15, 0.2) is 0 Å². The van der Waals surface area contributed by atoms with Crippen molar-refractivity contribution < 1.29 is 19.5 Å². The van der Waals surface area contributed by atoms with Crippen LogP contribution < -0.4 is 0 Å². The smallest absolute Gasteiger partial charge is 0.336 e. The Morgan fingerprint density at radius 1 is 1.04 bits per heavy atom. The van der Waals surface area contributed by atoms with E-state index in [1.165, 1.54) is 12.1 Å². The summed E-state index contributed by atoms with van der Waals surface area (Å²) in [5.41, 5.74) is 1.34. The summed E-state index contributed by atoms with van der Waals surface area (Å²) in [6.07, 6.45) is 1.46. The fourth-order valence-electron chi connectivity index (χ4n) is 2.36. The molecule has 1 aliphatic rings. The zero-order valence-corrected chi connectivity index (χ0v) is 13.3. The van der Waals surface area contributed by atoms with Crippen molar-refractivity contribution in [3.63, 3.8) is 0 Å². The Morgan fingerprint density at radius 2 is 1.71 bits per heavy atom. The molecule has 1 fully saturated rings. The number of carbonyl (C=O) groups excluding carboxylic acids is 2. The molecule has 120 valence electrons. The molecule has 0 radical (unpaired) electrons. The van der Waals surface area contributed by atoms with Gasteiger partial charge >= 0.3 is 5.97 Å². The molecule has 1 aliphatic heterocycles. The van der Waals surface area contributed by atoms with Crippen molar-refractivity contribution in [2.45, 2.75) is 6.54 Å². The molecule has 3 rings (SSSR count). The number of rotatable bonds is 4. The molecule has 0 saturated carbocycles. The minimum atomic E-state index is -1.08. The van der Waals surface area contributed by atoms with Gasteiger partial charge in [-0.1, -0.05) is 48.5 Å². The van der Waals surface area contributed by atoms with E-state index in [0.717, 1.165) is 22.2 Å². The van der Waals surface area contributed by atoms with Crippen LogP contribution >= 0.6 is 11.8 Å². The zero-order chi connectivity index (χ0) is 17.1. The van der Waals surface area contributed by atoms with Crippen LogP contribution in [-0.2, 0) is 11.3 Å². The second-order valence-electron chi connectivity index (χ2n) is 5.15. The van der Waals surface area contributed by atoms with E-state index >= 15 is 0 Å². The molecular formula is C18H13NO4S. The van der Waals surface area contributed by atoms with Crippen molar-refractivity contribution >= 4 is 35.0 Å². The summed E-state index contributed by atoms with van der Waals surface area (Å²) in [5.74, 6) is -1.49.